The lowest BCUT2D eigenvalue weighted by molar-refractivity contribution is -0.140. The Morgan fingerprint density at radius 1 is 1.35 bits per heavy atom. The Morgan fingerprint density at radius 2 is 1.94 bits per heavy atom. The Bertz CT molecular complexity index is 482. The molecule has 0 saturated carbocycles. The van der Waals surface area contributed by atoms with Gasteiger partial charge in [0.25, 0.3) is 0 Å². The summed E-state index contributed by atoms with van der Waals surface area (Å²) in [6, 6.07) is 5.81. The molecule has 0 aliphatic rings. The molecule has 0 fully saturated rings. The number of nitrogen functional groups attached to an aromatic ring is 1. The van der Waals surface area contributed by atoms with E-state index in [0.29, 0.717) is 5.69 Å². The van der Waals surface area contributed by atoms with Crippen molar-refractivity contribution in [3.63, 3.8) is 0 Å². The second-order valence-electron chi connectivity index (χ2n) is 3.31. The summed E-state index contributed by atoms with van der Waals surface area (Å²) in [7, 11) is -3.57. The van der Waals surface area contributed by atoms with Gasteiger partial charge in [-0.3, -0.25) is 4.79 Å². The number of rotatable bonds is 5. The number of benzene rings is 1. The average molecular weight is 258 g/mol. The monoisotopic (exact) mass is 258 g/mol. The number of anilines is 1. The van der Waals surface area contributed by atoms with Gasteiger partial charge in [0.2, 0.25) is 10.0 Å². The average Bonchev–Trinajstić information content (AvgIpc) is 2.25. The molecule has 94 valence electrons. The first kappa shape index (κ1) is 13.5. The molecule has 3 N–H and O–H groups in total. The van der Waals surface area contributed by atoms with E-state index in [1.54, 1.807) is 0 Å². The van der Waals surface area contributed by atoms with Gasteiger partial charge in [0.05, 0.1) is 4.90 Å². The molecule has 0 bridgehead atoms. The summed E-state index contributed by atoms with van der Waals surface area (Å²) in [5.41, 5.74) is 5.94. The molecule has 1 aromatic carbocycles. The summed E-state index contributed by atoms with van der Waals surface area (Å²) in [4.78, 5) is 10.6. The van der Waals surface area contributed by atoms with Crippen LogP contribution in [0.5, 0.6) is 0 Å². The Balaban J connectivity index is 2.57. The smallest absolute Gasteiger partial charge is 0.302 e. The molecule has 7 heteroatoms. The van der Waals surface area contributed by atoms with Gasteiger partial charge in [0.15, 0.2) is 0 Å². The van der Waals surface area contributed by atoms with E-state index in [4.69, 9.17) is 5.73 Å². The van der Waals surface area contributed by atoms with Crippen LogP contribution in [0.4, 0.5) is 5.69 Å². The summed E-state index contributed by atoms with van der Waals surface area (Å²) in [5, 5.41) is 0. The minimum absolute atomic E-state index is 0.00351. The quantitative estimate of drug-likeness (QED) is 0.444. The number of hydrogen-bond acceptors (Lipinski definition) is 5. The molecule has 0 atom stereocenters. The molecule has 0 amide bonds. The van der Waals surface area contributed by atoms with Crippen LogP contribution in [0.3, 0.4) is 0 Å². The predicted octanol–water partition coefficient (Wildman–Crippen LogP) is 0.110. The fourth-order valence-corrected chi connectivity index (χ4v) is 2.11. The molecule has 0 aromatic heterocycles. The van der Waals surface area contributed by atoms with E-state index in [1.165, 1.54) is 31.2 Å². The van der Waals surface area contributed by atoms with E-state index in [9.17, 15) is 13.2 Å². The number of carbonyl (C=O) groups is 1. The number of hydrogen-bond donors (Lipinski definition) is 2. The van der Waals surface area contributed by atoms with Crippen molar-refractivity contribution in [3.05, 3.63) is 24.3 Å². The molecule has 6 nitrogen and oxygen atoms in total. The molecule has 0 aliphatic carbocycles. The molecular weight excluding hydrogens is 244 g/mol. The molecule has 17 heavy (non-hydrogen) atoms. The normalized spacial score (nSPS) is 11.1. The largest absolute Gasteiger partial charge is 0.464 e. The highest BCUT2D eigenvalue weighted by atomic mass is 32.2. The number of esters is 1. The van der Waals surface area contributed by atoms with Crippen LogP contribution < -0.4 is 10.5 Å². The highest BCUT2D eigenvalue weighted by Gasteiger charge is 2.12. The molecule has 0 aliphatic heterocycles. The number of sulfonamides is 1. The third-order valence-electron chi connectivity index (χ3n) is 1.89. The maximum absolute atomic E-state index is 11.7. The maximum Gasteiger partial charge on any atom is 0.302 e. The first-order chi connectivity index (χ1) is 7.92. The zero-order chi connectivity index (χ0) is 12.9. The lowest BCUT2D eigenvalue weighted by Gasteiger charge is -2.06. The first-order valence-corrected chi connectivity index (χ1v) is 6.39. The third-order valence-corrected chi connectivity index (χ3v) is 3.37. The van der Waals surface area contributed by atoms with Crippen LogP contribution in [0.25, 0.3) is 0 Å². The summed E-state index contributed by atoms with van der Waals surface area (Å²) in [6.45, 7) is 1.30. The van der Waals surface area contributed by atoms with Gasteiger partial charge in [-0.25, -0.2) is 13.1 Å². The Kier molecular flexibility index (Phi) is 4.47. The fraction of sp³-hybridized carbons (Fsp3) is 0.300. The van der Waals surface area contributed by atoms with Crippen molar-refractivity contribution in [2.75, 3.05) is 18.9 Å². The second-order valence-corrected chi connectivity index (χ2v) is 5.07. The predicted molar refractivity (Wildman–Crippen MR) is 62.7 cm³/mol. The van der Waals surface area contributed by atoms with E-state index >= 15 is 0 Å². The second kappa shape index (κ2) is 5.65. The minimum Gasteiger partial charge on any atom is -0.464 e. The molecule has 0 saturated heterocycles. The van der Waals surface area contributed by atoms with Gasteiger partial charge in [-0.05, 0) is 24.3 Å². The number of carbonyl (C=O) groups excluding carboxylic acids is 1. The maximum atomic E-state index is 11.7. The highest BCUT2D eigenvalue weighted by Crippen LogP contribution is 2.10. The van der Waals surface area contributed by atoms with Gasteiger partial charge in [0.1, 0.15) is 6.61 Å². The SMILES string of the molecule is CC(=O)OCCNS(=O)(=O)c1ccc(N)cc1. The minimum atomic E-state index is -3.57. The van der Waals surface area contributed by atoms with Crippen LogP contribution in [0.15, 0.2) is 29.2 Å². The van der Waals surface area contributed by atoms with Gasteiger partial charge in [-0.15, -0.1) is 0 Å². The summed E-state index contributed by atoms with van der Waals surface area (Å²) in [6.07, 6.45) is 0. The van der Waals surface area contributed by atoms with Crippen molar-refractivity contribution in [3.8, 4) is 0 Å². The Morgan fingerprint density at radius 3 is 2.47 bits per heavy atom. The van der Waals surface area contributed by atoms with E-state index in [2.05, 4.69) is 9.46 Å². The highest BCUT2D eigenvalue weighted by molar-refractivity contribution is 7.89. The zero-order valence-electron chi connectivity index (χ0n) is 9.34. The van der Waals surface area contributed by atoms with E-state index in [1.807, 2.05) is 0 Å². The van der Waals surface area contributed by atoms with Gasteiger partial charge in [0, 0.05) is 19.2 Å². The summed E-state index contributed by atoms with van der Waals surface area (Å²) < 4.78 is 30.3. The molecular formula is C10H14N2O4S. The van der Waals surface area contributed by atoms with Crippen molar-refractivity contribution >= 4 is 21.7 Å². The molecule has 0 unspecified atom stereocenters. The number of nitrogens with one attached hydrogen (secondary N) is 1. The summed E-state index contributed by atoms with van der Waals surface area (Å²) >= 11 is 0. The van der Waals surface area contributed by atoms with E-state index in [0.717, 1.165) is 0 Å². The van der Waals surface area contributed by atoms with E-state index in [-0.39, 0.29) is 18.0 Å². The van der Waals surface area contributed by atoms with Gasteiger partial charge >= 0.3 is 5.97 Å². The Labute approximate surface area is 99.8 Å². The molecule has 0 radical (unpaired) electrons. The van der Waals surface area contributed by atoms with E-state index < -0.39 is 16.0 Å². The van der Waals surface area contributed by atoms with Gasteiger partial charge < -0.3 is 10.5 Å². The van der Waals surface area contributed by atoms with Gasteiger partial charge in [-0.1, -0.05) is 0 Å². The van der Waals surface area contributed by atoms with Crippen LogP contribution in [0.2, 0.25) is 0 Å². The van der Waals surface area contributed by atoms with Crippen LogP contribution in [0, 0.1) is 0 Å². The van der Waals surface area contributed by atoms with Crippen LogP contribution >= 0.6 is 0 Å². The standard InChI is InChI=1S/C10H14N2O4S/c1-8(13)16-7-6-12-17(14,15)10-4-2-9(11)3-5-10/h2-5,12H,6-7,11H2,1H3. The van der Waals surface area contributed by atoms with Crippen LogP contribution in [-0.4, -0.2) is 27.5 Å². The number of ether oxygens (including phenoxy) is 1. The number of nitrogens with two attached hydrogens (primary N) is 1. The third kappa shape index (κ3) is 4.41. The zero-order valence-corrected chi connectivity index (χ0v) is 10.2. The first-order valence-electron chi connectivity index (χ1n) is 4.90. The molecule has 1 aromatic rings. The van der Waals surface area contributed by atoms with Crippen molar-refractivity contribution in [1.29, 1.82) is 0 Å². The summed E-state index contributed by atoms with van der Waals surface area (Å²) in [5.74, 6) is -0.448. The fourth-order valence-electron chi connectivity index (χ4n) is 1.10. The van der Waals surface area contributed by atoms with Crippen molar-refractivity contribution in [1.82, 2.24) is 4.72 Å². The Hall–Kier alpha value is -1.60. The van der Waals surface area contributed by atoms with Crippen molar-refractivity contribution in [2.24, 2.45) is 0 Å². The molecule has 0 spiro atoms. The molecule has 0 heterocycles. The van der Waals surface area contributed by atoms with Crippen LogP contribution in [-0.2, 0) is 19.6 Å². The topological polar surface area (TPSA) is 98.5 Å². The lowest BCUT2D eigenvalue weighted by atomic mass is 10.3. The van der Waals surface area contributed by atoms with Crippen LogP contribution in [0.1, 0.15) is 6.92 Å². The lowest BCUT2D eigenvalue weighted by Crippen LogP contribution is -2.27. The van der Waals surface area contributed by atoms with Crippen molar-refractivity contribution < 1.29 is 17.9 Å². The van der Waals surface area contributed by atoms with Gasteiger partial charge in [-0.2, -0.15) is 0 Å². The molecule has 1 rings (SSSR count). The van der Waals surface area contributed by atoms with Crippen molar-refractivity contribution in [2.45, 2.75) is 11.8 Å².